The second-order valence-electron chi connectivity index (χ2n) is 5.90. The first kappa shape index (κ1) is 22.0. The number of hydrogen-bond donors (Lipinski definition) is 1. The number of benzene rings is 1. The predicted octanol–water partition coefficient (Wildman–Crippen LogP) is 3.35. The maximum atomic E-state index is 11.6. The van der Waals surface area contributed by atoms with Crippen LogP contribution in [-0.2, 0) is 16.0 Å². The van der Waals surface area contributed by atoms with Crippen molar-refractivity contribution in [1.82, 2.24) is 10.2 Å². The average molecular weight is 480 g/mol. The summed E-state index contributed by atoms with van der Waals surface area (Å²) in [6.45, 7) is 5.24. The number of rotatable bonds is 5. The number of halogens is 2. The van der Waals surface area contributed by atoms with Crippen LogP contribution in [0.25, 0.3) is 0 Å². The van der Waals surface area contributed by atoms with Crippen molar-refractivity contribution in [2.75, 3.05) is 33.3 Å². The number of guanidine groups is 1. The van der Waals surface area contributed by atoms with Gasteiger partial charge in [0.25, 0.3) is 0 Å². The van der Waals surface area contributed by atoms with Gasteiger partial charge in [0.2, 0.25) is 0 Å². The second kappa shape index (κ2) is 11.6. The molecule has 1 saturated heterocycles. The molecule has 25 heavy (non-hydrogen) atoms. The predicted molar refractivity (Wildman–Crippen MR) is 113 cm³/mol. The van der Waals surface area contributed by atoms with Crippen LogP contribution in [0, 0.1) is 5.92 Å². The topological polar surface area (TPSA) is 53.9 Å². The Hall–Kier alpha value is -1.02. The molecule has 0 spiro atoms. The van der Waals surface area contributed by atoms with E-state index in [1.54, 1.807) is 0 Å². The summed E-state index contributed by atoms with van der Waals surface area (Å²) in [5, 5.41) is 4.10. The van der Waals surface area contributed by atoms with Crippen molar-refractivity contribution < 1.29 is 9.53 Å². The molecule has 2 rings (SSSR count). The van der Waals surface area contributed by atoms with Gasteiger partial charge in [-0.15, -0.1) is 24.0 Å². The SMILES string of the molecule is CCNC(=NCCc1cccc(Cl)c1)N1CCC(C(=O)OC)CC1.I. The molecule has 1 aliphatic heterocycles. The van der Waals surface area contributed by atoms with Crippen LogP contribution in [0.4, 0.5) is 0 Å². The summed E-state index contributed by atoms with van der Waals surface area (Å²) < 4.78 is 4.84. The molecule has 1 N–H and O–H groups in total. The third kappa shape index (κ3) is 7.01. The van der Waals surface area contributed by atoms with E-state index in [1.807, 2.05) is 18.2 Å². The zero-order valence-electron chi connectivity index (χ0n) is 14.8. The van der Waals surface area contributed by atoms with E-state index >= 15 is 0 Å². The Morgan fingerprint density at radius 3 is 2.72 bits per heavy atom. The molecule has 0 unspecified atom stereocenters. The van der Waals surface area contributed by atoms with E-state index in [-0.39, 0.29) is 35.9 Å². The molecule has 0 saturated carbocycles. The Kier molecular flexibility index (Phi) is 10.2. The van der Waals surface area contributed by atoms with E-state index in [0.717, 1.165) is 49.9 Å². The fraction of sp³-hybridized carbons (Fsp3) is 0.556. The number of ether oxygens (including phenoxy) is 1. The number of likely N-dealkylation sites (tertiary alicyclic amines) is 1. The second-order valence-corrected chi connectivity index (χ2v) is 6.34. The third-order valence-corrected chi connectivity index (χ3v) is 4.45. The highest BCUT2D eigenvalue weighted by molar-refractivity contribution is 14.0. The Morgan fingerprint density at radius 2 is 2.12 bits per heavy atom. The molecule has 7 heteroatoms. The molecular weight excluding hydrogens is 453 g/mol. The van der Waals surface area contributed by atoms with Gasteiger partial charge in [0, 0.05) is 31.2 Å². The number of nitrogens with zero attached hydrogens (tertiary/aromatic N) is 2. The van der Waals surface area contributed by atoms with Crippen molar-refractivity contribution in [3.05, 3.63) is 34.9 Å². The fourth-order valence-electron chi connectivity index (χ4n) is 2.90. The molecule has 0 aliphatic carbocycles. The minimum Gasteiger partial charge on any atom is -0.469 e. The lowest BCUT2D eigenvalue weighted by atomic mass is 9.97. The van der Waals surface area contributed by atoms with Gasteiger partial charge in [-0.2, -0.15) is 0 Å². The molecular formula is C18H27ClIN3O2. The van der Waals surface area contributed by atoms with Gasteiger partial charge in [0.05, 0.1) is 13.0 Å². The van der Waals surface area contributed by atoms with E-state index in [0.29, 0.717) is 6.54 Å². The smallest absolute Gasteiger partial charge is 0.308 e. The molecule has 0 amide bonds. The van der Waals surface area contributed by atoms with Crippen LogP contribution >= 0.6 is 35.6 Å². The summed E-state index contributed by atoms with van der Waals surface area (Å²) in [7, 11) is 1.45. The van der Waals surface area contributed by atoms with Gasteiger partial charge in [0.15, 0.2) is 5.96 Å². The number of carbonyl (C=O) groups excluding carboxylic acids is 1. The zero-order chi connectivity index (χ0) is 17.4. The molecule has 5 nitrogen and oxygen atoms in total. The summed E-state index contributed by atoms with van der Waals surface area (Å²) in [4.78, 5) is 18.6. The van der Waals surface area contributed by atoms with Gasteiger partial charge in [-0.25, -0.2) is 0 Å². The van der Waals surface area contributed by atoms with Gasteiger partial charge in [-0.1, -0.05) is 23.7 Å². The third-order valence-electron chi connectivity index (χ3n) is 4.21. The molecule has 1 aliphatic rings. The lowest BCUT2D eigenvalue weighted by Gasteiger charge is -2.33. The number of piperidine rings is 1. The first-order chi connectivity index (χ1) is 11.6. The Morgan fingerprint density at radius 1 is 1.40 bits per heavy atom. The van der Waals surface area contributed by atoms with Crippen LogP contribution in [0.3, 0.4) is 0 Å². The van der Waals surface area contributed by atoms with Crippen LogP contribution in [0.1, 0.15) is 25.3 Å². The molecule has 1 fully saturated rings. The number of esters is 1. The highest BCUT2D eigenvalue weighted by atomic mass is 127. The summed E-state index contributed by atoms with van der Waals surface area (Å²) in [6.07, 6.45) is 2.48. The highest BCUT2D eigenvalue weighted by Crippen LogP contribution is 2.18. The van der Waals surface area contributed by atoms with Crippen molar-refractivity contribution in [1.29, 1.82) is 0 Å². The first-order valence-electron chi connectivity index (χ1n) is 8.49. The Bertz CT molecular complexity index is 575. The van der Waals surface area contributed by atoms with Gasteiger partial charge in [-0.3, -0.25) is 9.79 Å². The summed E-state index contributed by atoms with van der Waals surface area (Å²) in [5.41, 5.74) is 1.19. The van der Waals surface area contributed by atoms with Crippen LogP contribution in [0.5, 0.6) is 0 Å². The van der Waals surface area contributed by atoms with Crippen LogP contribution in [0.2, 0.25) is 5.02 Å². The molecule has 0 radical (unpaired) electrons. The molecule has 0 aromatic heterocycles. The number of hydrogen-bond acceptors (Lipinski definition) is 3. The highest BCUT2D eigenvalue weighted by Gasteiger charge is 2.26. The Balaban J connectivity index is 0.00000312. The minimum atomic E-state index is -0.0995. The molecule has 1 heterocycles. The maximum Gasteiger partial charge on any atom is 0.308 e. The normalized spacial score (nSPS) is 15.5. The average Bonchev–Trinajstić information content (AvgIpc) is 2.60. The summed E-state index contributed by atoms with van der Waals surface area (Å²) in [5.74, 6) is 0.834. The van der Waals surface area contributed by atoms with Crippen LogP contribution < -0.4 is 5.32 Å². The minimum absolute atomic E-state index is 0. The maximum absolute atomic E-state index is 11.6. The van der Waals surface area contributed by atoms with Gasteiger partial charge in [0.1, 0.15) is 0 Å². The quantitative estimate of drug-likeness (QED) is 0.305. The monoisotopic (exact) mass is 479 g/mol. The number of methoxy groups -OCH3 is 1. The molecule has 0 atom stereocenters. The number of nitrogens with one attached hydrogen (secondary N) is 1. The van der Waals surface area contributed by atoms with Crippen molar-refractivity contribution >= 4 is 47.5 Å². The number of carbonyl (C=O) groups is 1. The van der Waals surface area contributed by atoms with Gasteiger partial charge >= 0.3 is 5.97 Å². The van der Waals surface area contributed by atoms with E-state index in [9.17, 15) is 4.79 Å². The van der Waals surface area contributed by atoms with Crippen LogP contribution in [0.15, 0.2) is 29.3 Å². The lowest BCUT2D eigenvalue weighted by Crippen LogP contribution is -2.46. The van der Waals surface area contributed by atoms with E-state index in [4.69, 9.17) is 21.3 Å². The van der Waals surface area contributed by atoms with E-state index < -0.39 is 0 Å². The van der Waals surface area contributed by atoms with Crippen LogP contribution in [-0.4, -0.2) is 50.1 Å². The number of aliphatic imine (C=N–C) groups is 1. The van der Waals surface area contributed by atoms with Crippen molar-refractivity contribution in [3.63, 3.8) is 0 Å². The van der Waals surface area contributed by atoms with Crippen molar-refractivity contribution in [2.24, 2.45) is 10.9 Å². The van der Waals surface area contributed by atoms with Gasteiger partial charge in [-0.05, 0) is 43.9 Å². The fourth-order valence-corrected chi connectivity index (χ4v) is 3.12. The van der Waals surface area contributed by atoms with Crippen molar-refractivity contribution in [3.8, 4) is 0 Å². The van der Waals surface area contributed by atoms with E-state index in [1.165, 1.54) is 12.7 Å². The first-order valence-corrected chi connectivity index (χ1v) is 8.87. The Labute approximate surface area is 172 Å². The summed E-state index contributed by atoms with van der Waals surface area (Å²) >= 11 is 6.01. The zero-order valence-corrected chi connectivity index (χ0v) is 17.9. The van der Waals surface area contributed by atoms with E-state index in [2.05, 4.69) is 23.2 Å². The summed E-state index contributed by atoms with van der Waals surface area (Å²) in [6, 6.07) is 7.88. The molecule has 1 aromatic rings. The largest absolute Gasteiger partial charge is 0.469 e. The molecule has 140 valence electrons. The van der Waals surface area contributed by atoms with Crippen molar-refractivity contribution in [2.45, 2.75) is 26.2 Å². The molecule has 1 aromatic carbocycles. The van der Waals surface area contributed by atoms with Gasteiger partial charge < -0.3 is 15.0 Å². The molecule has 0 bridgehead atoms. The standard InChI is InChI=1S/C18H26ClN3O2.HI/c1-3-20-18(21-10-7-14-5-4-6-16(19)13-14)22-11-8-15(9-12-22)17(23)24-2;/h4-6,13,15H,3,7-12H2,1-2H3,(H,20,21);1H. The lowest BCUT2D eigenvalue weighted by molar-refractivity contribution is -0.146.